The van der Waals surface area contributed by atoms with Crippen molar-refractivity contribution >= 4 is 17.2 Å². The predicted octanol–water partition coefficient (Wildman–Crippen LogP) is 19.8. The first-order chi connectivity index (χ1) is 33.9. The van der Waals surface area contributed by atoms with Crippen molar-refractivity contribution in [2.45, 2.75) is 209 Å². The van der Waals surface area contributed by atoms with Crippen LogP contribution in [0.1, 0.15) is 211 Å². The van der Waals surface area contributed by atoms with Crippen LogP contribution >= 0.6 is 17.2 Å². The Hall–Kier alpha value is -4.02. The van der Waals surface area contributed by atoms with E-state index in [0.29, 0.717) is 0 Å². The van der Waals surface area contributed by atoms with E-state index in [-0.39, 0.29) is 43.3 Å². The first-order valence-corrected chi connectivity index (χ1v) is 29.2. The van der Waals surface area contributed by atoms with Gasteiger partial charge in [0.1, 0.15) is 0 Å². The van der Waals surface area contributed by atoms with Crippen LogP contribution < -0.4 is 0 Å². The molecule has 5 nitrogen and oxygen atoms in total. The molecule has 0 aromatic heterocycles. The summed E-state index contributed by atoms with van der Waals surface area (Å²) in [5.41, 5.74) is 23.1. The lowest BCUT2D eigenvalue weighted by molar-refractivity contribution is 0.324. The van der Waals surface area contributed by atoms with Crippen LogP contribution in [0.2, 0.25) is 0 Å². The number of rotatable bonds is 7. The van der Waals surface area contributed by atoms with Crippen molar-refractivity contribution < 1.29 is 23.9 Å². The molecule has 0 saturated carbocycles. The maximum absolute atomic E-state index is 7.82. The third-order valence-electron chi connectivity index (χ3n) is 14.4. The van der Waals surface area contributed by atoms with Gasteiger partial charge in [-0.2, -0.15) is 0 Å². The Balaban J connectivity index is 0.00000138. The van der Waals surface area contributed by atoms with Crippen LogP contribution in [0, 0.1) is 0 Å². The molecular formula is C68H94O5P2. The fourth-order valence-electron chi connectivity index (χ4n) is 10.1. The van der Waals surface area contributed by atoms with Crippen molar-refractivity contribution in [2.75, 3.05) is 0 Å². The van der Waals surface area contributed by atoms with Gasteiger partial charge in [0.2, 0.25) is 0 Å². The van der Waals surface area contributed by atoms with Gasteiger partial charge >= 0.3 is 17.2 Å². The summed E-state index contributed by atoms with van der Waals surface area (Å²) in [6, 6.07) is 43.8. The van der Waals surface area contributed by atoms with Gasteiger partial charge in [-0.3, -0.25) is 0 Å². The summed E-state index contributed by atoms with van der Waals surface area (Å²) in [4.78, 5) is 31.3. The van der Waals surface area contributed by atoms with Gasteiger partial charge in [0.25, 0.3) is 0 Å². The van der Waals surface area contributed by atoms with E-state index in [1.807, 2.05) is 0 Å². The molecule has 0 radical (unpaired) electrons. The maximum atomic E-state index is 7.82. The van der Waals surface area contributed by atoms with Crippen LogP contribution in [0.15, 0.2) is 109 Å². The molecule has 406 valence electrons. The molecule has 0 atom stereocenters. The van der Waals surface area contributed by atoms with Gasteiger partial charge in [0.15, 0.2) is 0 Å². The molecular weight excluding hydrogens is 959 g/mol. The topological polar surface area (TPSA) is 90.2 Å². The zero-order valence-corrected chi connectivity index (χ0v) is 52.3. The molecule has 0 saturated heterocycles. The van der Waals surface area contributed by atoms with Crippen molar-refractivity contribution in [3.05, 3.63) is 154 Å². The molecule has 7 heteroatoms. The van der Waals surface area contributed by atoms with E-state index in [1.54, 1.807) is 0 Å². The van der Waals surface area contributed by atoms with Crippen molar-refractivity contribution in [1.82, 2.24) is 0 Å². The Bertz CT molecular complexity index is 2950. The number of hydrogen-bond acceptors (Lipinski definition) is 5. The number of hydrogen-bond donors (Lipinski definition) is 4. The second-order valence-corrected chi connectivity index (χ2v) is 30.8. The Morgan fingerprint density at radius 1 is 0.267 bits per heavy atom. The van der Waals surface area contributed by atoms with Crippen molar-refractivity contribution in [2.24, 2.45) is 0 Å². The molecule has 4 N–H and O–H groups in total. The zero-order valence-electron chi connectivity index (χ0n) is 50.5. The molecule has 0 aliphatic carbocycles. The fourth-order valence-corrected chi connectivity index (χ4v) is 10.6. The van der Waals surface area contributed by atoms with Crippen LogP contribution in [0.3, 0.4) is 0 Å². The van der Waals surface area contributed by atoms with Crippen molar-refractivity contribution in [1.29, 1.82) is 0 Å². The Labute approximate surface area is 457 Å². The number of benzene rings is 6. The second-order valence-electron chi connectivity index (χ2n) is 29.1. The minimum absolute atomic E-state index is 0.00361. The van der Waals surface area contributed by atoms with Crippen molar-refractivity contribution in [3.8, 4) is 55.6 Å². The summed E-state index contributed by atoms with van der Waals surface area (Å²) in [5.74, 6) is 0. The van der Waals surface area contributed by atoms with Crippen LogP contribution in [0.4, 0.5) is 0 Å². The summed E-state index contributed by atoms with van der Waals surface area (Å²) >= 11 is 0. The molecule has 6 aromatic carbocycles. The Morgan fingerprint density at radius 2 is 0.533 bits per heavy atom. The summed E-state index contributed by atoms with van der Waals surface area (Å²) in [7, 11) is -5.22. The van der Waals surface area contributed by atoms with Gasteiger partial charge in [0, 0.05) is 0 Å². The van der Waals surface area contributed by atoms with Crippen molar-refractivity contribution in [3.63, 3.8) is 0 Å². The molecule has 6 aromatic rings. The monoisotopic (exact) mass is 1050 g/mol. The average molecular weight is 1050 g/mol. The highest BCUT2D eigenvalue weighted by Gasteiger charge is 2.35. The van der Waals surface area contributed by atoms with Gasteiger partial charge in [-0.1, -0.05) is 269 Å². The standard InChI is InChI=1S/C68H90.H4O5P2/c1-61(2,3)44-30-34-48(54(38-44)65(13,14)15)52-42-53(49-35-31-45(62(4,5)6)39-55(49)66(16,17)18)59(50-36-32-46(63(7,8)9)40-56(50)67(19,20)21)60(58(52)43-28-26-25-27-29-43)51-37-33-47(64(10,11)12)41-57(51)68(22,23)24;1-6(2)5-7(3)4/h25-42H,1-24H3;1-4H. The SMILES string of the molecule is CC(C)(C)c1ccc(-c2cc(-c3ccc(C(C)(C)C)cc3C(C)(C)C)c(-c3ccc(C(C)(C)C)cc3C(C)(C)C)c(-c3ccc(C(C)(C)C)cc3C(C)(C)C)c2-c2ccccc2)c(C(C)(C)C)c1.OP(O)OP(O)O. The van der Waals surface area contributed by atoms with Gasteiger partial charge in [0.05, 0.1) is 0 Å². The van der Waals surface area contributed by atoms with Gasteiger partial charge in [-0.05, 0) is 150 Å². The van der Waals surface area contributed by atoms with Crippen LogP contribution in [0.25, 0.3) is 55.6 Å². The largest absolute Gasteiger partial charge is 0.334 e. The highest BCUT2D eigenvalue weighted by atomic mass is 31.2. The smallest absolute Gasteiger partial charge is 0.328 e. The molecule has 0 amide bonds. The van der Waals surface area contributed by atoms with Gasteiger partial charge in [-0.15, -0.1) is 0 Å². The molecule has 0 heterocycles. The molecule has 0 bridgehead atoms. The molecule has 75 heavy (non-hydrogen) atoms. The van der Waals surface area contributed by atoms with Crippen LogP contribution in [-0.4, -0.2) is 19.6 Å². The molecule has 0 fully saturated rings. The van der Waals surface area contributed by atoms with E-state index in [4.69, 9.17) is 19.6 Å². The Kier molecular flexibility index (Phi) is 18.2. The van der Waals surface area contributed by atoms with E-state index in [1.165, 1.54) is 100 Å². The second kappa shape index (κ2) is 22.0. The lowest BCUT2D eigenvalue weighted by atomic mass is 9.69. The highest BCUT2D eigenvalue weighted by Crippen LogP contribution is 2.56. The average Bonchev–Trinajstić information content (AvgIpc) is 3.25. The molecule has 0 aliphatic heterocycles. The third-order valence-corrected chi connectivity index (χ3v) is 15.6. The first kappa shape index (κ1) is 61.8. The van der Waals surface area contributed by atoms with Gasteiger partial charge < -0.3 is 19.6 Å². The van der Waals surface area contributed by atoms with Crippen LogP contribution in [0.5, 0.6) is 0 Å². The summed E-state index contributed by atoms with van der Waals surface area (Å²) in [5, 5.41) is 0. The van der Waals surface area contributed by atoms with E-state index in [2.05, 4.69) is 280 Å². The highest BCUT2D eigenvalue weighted by molar-refractivity contribution is 7.53. The first-order valence-electron chi connectivity index (χ1n) is 26.9. The quantitative estimate of drug-likeness (QED) is 0.120. The lowest BCUT2D eigenvalue weighted by Gasteiger charge is -2.35. The predicted molar refractivity (Wildman–Crippen MR) is 327 cm³/mol. The summed E-state index contributed by atoms with van der Waals surface area (Å²) in [6.07, 6.45) is 0. The molecule has 6 rings (SSSR count). The zero-order chi connectivity index (χ0) is 57.0. The van der Waals surface area contributed by atoms with E-state index in [0.717, 1.165) is 0 Å². The maximum Gasteiger partial charge on any atom is 0.334 e. The summed E-state index contributed by atoms with van der Waals surface area (Å²) in [6.45, 7) is 57.1. The van der Waals surface area contributed by atoms with E-state index < -0.39 is 17.2 Å². The molecule has 0 unspecified atom stereocenters. The molecule has 0 aliphatic rings. The van der Waals surface area contributed by atoms with E-state index >= 15 is 0 Å². The normalized spacial score (nSPS) is 13.4. The van der Waals surface area contributed by atoms with Crippen LogP contribution in [-0.2, 0) is 47.6 Å². The minimum atomic E-state index is -2.61. The summed E-state index contributed by atoms with van der Waals surface area (Å²) < 4.78 is 3.60. The van der Waals surface area contributed by atoms with Gasteiger partial charge in [-0.25, -0.2) is 4.31 Å². The lowest BCUT2D eigenvalue weighted by Crippen LogP contribution is -2.20. The molecule has 0 spiro atoms. The minimum Gasteiger partial charge on any atom is -0.328 e. The fraction of sp³-hybridized carbons (Fsp3) is 0.471. The van der Waals surface area contributed by atoms with E-state index in [9.17, 15) is 0 Å². The third kappa shape index (κ3) is 14.8. The Morgan fingerprint density at radius 3 is 0.800 bits per heavy atom.